The van der Waals surface area contributed by atoms with Crippen LogP contribution in [0.4, 0.5) is 0 Å². The zero-order chi connectivity index (χ0) is 20.7. The molecule has 0 spiro atoms. The van der Waals surface area contributed by atoms with Crippen molar-refractivity contribution in [2.24, 2.45) is 5.10 Å². The minimum atomic E-state index is -0.964. The fourth-order valence-electron chi connectivity index (χ4n) is 2.93. The first kappa shape index (κ1) is 21.5. The Bertz CT molecular complexity index is 759. The van der Waals surface area contributed by atoms with Gasteiger partial charge in [0.25, 0.3) is 0 Å². The van der Waals surface area contributed by atoms with Crippen molar-refractivity contribution in [3.8, 4) is 0 Å². The number of hydrazone groups is 1. The smallest absolute Gasteiger partial charge is 0.401 e. The quantitative estimate of drug-likeness (QED) is 0.471. The summed E-state index contributed by atoms with van der Waals surface area (Å²) in [4.78, 5) is 23.9. The van der Waals surface area contributed by atoms with E-state index in [1.807, 2.05) is 30.3 Å². The van der Waals surface area contributed by atoms with Crippen LogP contribution >= 0.6 is 0 Å². The predicted molar refractivity (Wildman–Crippen MR) is 96.5 cm³/mol. The summed E-state index contributed by atoms with van der Waals surface area (Å²) in [7, 11) is 2.34. The van der Waals surface area contributed by atoms with Gasteiger partial charge in [-0.3, -0.25) is 4.79 Å². The maximum atomic E-state index is 12.2. The summed E-state index contributed by atoms with van der Waals surface area (Å²) in [5, 5.41) is 26.1. The number of nitrogens with zero attached hydrogens (tertiary/aromatic N) is 2. The molecule has 1 aromatic rings. The standard InChI is InChI=1S/C19H24N2O7/c1-12(22)18(28-11-13-7-5-4-6-8-13)14-9-16(23)20-21(14)15(19(25)27-3)10-17(24)26-2/h4-8,12,14,18,22H,9-11H2,1-3H3/t12-,14?,18-/m0/s1. The number of benzene rings is 1. The number of esters is 2. The van der Waals surface area contributed by atoms with Gasteiger partial charge in [-0.2, -0.15) is 0 Å². The maximum Gasteiger partial charge on any atom is 0.401 e. The first-order valence-corrected chi connectivity index (χ1v) is 8.75. The number of carbonyl (C=O) groups excluding carboxylic acids is 2. The second-order valence-electron chi connectivity index (χ2n) is 6.30. The number of aliphatic hydroxyl groups excluding tert-OH is 1. The van der Waals surface area contributed by atoms with Crippen LogP contribution in [-0.4, -0.2) is 65.8 Å². The molecule has 0 saturated carbocycles. The van der Waals surface area contributed by atoms with Gasteiger partial charge in [0, 0.05) is 12.3 Å². The van der Waals surface area contributed by atoms with Crippen LogP contribution < -0.4 is 5.11 Å². The van der Waals surface area contributed by atoms with Gasteiger partial charge in [0.05, 0.1) is 26.9 Å². The lowest BCUT2D eigenvalue weighted by atomic mass is 10.0. The fraction of sp³-hybridized carbons (Fsp3) is 0.474. The molecule has 1 unspecified atom stereocenters. The second kappa shape index (κ2) is 9.95. The van der Waals surface area contributed by atoms with E-state index in [0.29, 0.717) is 0 Å². The summed E-state index contributed by atoms with van der Waals surface area (Å²) in [5.41, 5.74) is 0.729. The highest BCUT2D eigenvalue weighted by atomic mass is 16.5. The molecule has 1 aliphatic heterocycles. The molecule has 0 saturated heterocycles. The Morgan fingerprint density at radius 3 is 2.54 bits per heavy atom. The molecule has 0 fully saturated rings. The molecule has 0 amide bonds. The summed E-state index contributed by atoms with van der Waals surface area (Å²) in [6, 6.07) is 8.55. The normalized spacial score (nSPS) is 20.1. The Hall–Kier alpha value is -2.78. The minimum absolute atomic E-state index is 0.0774. The lowest BCUT2D eigenvalue weighted by molar-refractivity contribution is -0.575. The largest absolute Gasteiger partial charge is 0.857 e. The number of rotatable bonds is 8. The van der Waals surface area contributed by atoms with Gasteiger partial charge in [-0.15, -0.1) is 0 Å². The van der Waals surface area contributed by atoms with Gasteiger partial charge in [0.1, 0.15) is 12.5 Å². The van der Waals surface area contributed by atoms with Crippen molar-refractivity contribution in [3.63, 3.8) is 0 Å². The number of hydrogen-bond donors (Lipinski definition) is 1. The highest BCUT2D eigenvalue weighted by molar-refractivity contribution is 6.37. The summed E-state index contributed by atoms with van der Waals surface area (Å²) < 4.78 is 16.3. The molecular formula is C19H24N2O7. The SMILES string of the molecule is COC(=O)C/C(C(=O)OC)=[N+]1/N=C([O-])CC1[C@@H](OCc1ccccc1)[C@H](C)O. The zero-order valence-corrected chi connectivity index (χ0v) is 16.0. The van der Waals surface area contributed by atoms with E-state index in [2.05, 4.69) is 9.84 Å². The summed E-state index contributed by atoms with van der Waals surface area (Å²) in [5.74, 6) is -2.00. The molecule has 3 atom stereocenters. The molecule has 0 aliphatic carbocycles. The van der Waals surface area contributed by atoms with Crippen molar-refractivity contribution < 1.29 is 38.7 Å². The molecule has 0 radical (unpaired) electrons. The van der Waals surface area contributed by atoms with Crippen LogP contribution in [0.2, 0.25) is 0 Å². The Morgan fingerprint density at radius 2 is 1.96 bits per heavy atom. The van der Waals surface area contributed by atoms with Crippen molar-refractivity contribution in [2.45, 2.75) is 44.6 Å². The highest BCUT2D eigenvalue weighted by Gasteiger charge is 2.44. The van der Waals surface area contributed by atoms with E-state index >= 15 is 0 Å². The number of carbonyl (C=O) groups is 2. The fourth-order valence-corrected chi connectivity index (χ4v) is 2.93. The van der Waals surface area contributed by atoms with Crippen molar-refractivity contribution in [1.82, 2.24) is 0 Å². The van der Waals surface area contributed by atoms with Crippen LogP contribution in [0.3, 0.4) is 0 Å². The summed E-state index contributed by atoms with van der Waals surface area (Å²) >= 11 is 0. The molecule has 9 heteroatoms. The van der Waals surface area contributed by atoms with Crippen molar-refractivity contribution in [3.05, 3.63) is 35.9 Å². The van der Waals surface area contributed by atoms with E-state index < -0.39 is 42.5 Å². The van der Waals surface area contributed by atoms with Crippen molar-refractivity contribution in [2.75, 3.05) is 14.2 Å². The van der Waals surface area contributed by atoms with Crippen molar-refractivity contribution >= 4 is 23.5 Å². The second-order valence-corrected chi connectivity index (χ2v) is 6.30. The van der Waals surface area contributed by atoms with Gasteiger partial charge < -0.3 is 24.4 Å². The van der Waals surface area contributed by atoms with Gasteiger partial charge in [0.15, 0.2) is 0 Å². The van der Waals surface area contributed by atoms with E-state index in [1.54, 1.807) is 0 Å². The summed E-state index contributed by atoms with van der Waals surface area (Å²) in [6.07, 6.45) is -2.31. The molecule has 0 aromatic heterocycles. The van der Waals surface area contributed by atoms with E-state index in [-0.39, 0.29) is 18.7 Å². The van der Waals surface area contributed by atoms with Crippen LogP contribution in [0.5, 0.6) is 0 Å². The van der Waals surface area contributed by atoms with E-state index in [4.69, 9.17) is 9.47 Å². The molecular weight excluding hydrogens is 368 g/mol. The predicted octanol–water partition coefficient (Wildman–Crippen LogP) is -0.412. The van der Waals surface area contributed by atoms with Crippen LogP contribution in [-0.2, 0) is 30.4 Å². The molecule has 1 aromatic carbocycles. The van der Waals surface area contributed by atoms with Crippen molar-refractivity contribution in [1.29, 1.82) is 0 Å². The molecule has 2 rings (SSSR count). The number of aliphatic hydroxyl groups is 1. The Kier molecular flexibility index (Phi) is 7.65. The number of ether oxygens (including phenoxy) is 3. The van der Waals surface area contributed by atoms with Gasteiger partial charge >= 0.3 is 17.7 Å². The topological polar surface area (TPSA) is 120 Å². The van der Waals surface area contributed by atoms with E-state index in [9.17, 15) is 19.8 Å². The van der Waals surface area contributed by atoms with Gasteiger partial charge in [0.2, 0.25) is 6.04 Å². The zero-order valence-electron chi connectivity index (χ0n) is 16.0. The van der Waals surface area contributed by atoms with Crippen LogP contribution in [0.15, 0.2) is 35.4 Å². The third-order valence-corrected chi connectivity index (χ3v) is 4.29. The molecule has 9 nitrogen and oxygen atoms in total. The lowest BCUT2D eigenvalue weighted by Gasteiger charge is -2.23. The number of methoxy groups -OCH3 is 2. The van der Waals surface area contributed by atoms with E-state index in [0.717, 1.165) is 17.4 Å². The molecule has 0 bridgehead atoms. The third kappa shape index (κ3) is 5.37. The highest BCUT2D eigenvalue weighted by Crippen LogP contribution is 2.20. The van der Waals surface area contributed by atoms with Gasteiger partial charge in [-0.1, -0.05) is 35.0 Å². The van der Waals surface area contributed by atoms with Gasteiger partial charge in [-0.05, 0) is 17.6 Å². The van der Waals surface area contributed by atoms with Crippen LogP contribution in [0.1, 0.15) is 25.3 Å². The molecule has 152 valence electrons. The molecule has 1 heterocycles. The van der Waals surface area contributed by atoms with Gasteiger partial charge in [-0.25, -0.2) is 4.79 Å². The van der Waals surface area contributed by atoms with Crippen LogP contribution in [0.25, 0.3) is 0 Å². The van der Waals surface area contributed by atoms with Crippen LogP contribution in [0, 0.1) is 0 Å². The maximum absolute atomic E-state index is 12.2. The first-order chi connectivity index (χ1) is 13.4. The number of hydrogen-bond acceptors (Lipinski definition) is 8. The molecule has 1 aliphatic rings. The Morgan fingerprint density at radius 1 is 1.29 bits per heavy atom. The molecule has 1 N–H and O–H groups in total. The average Bonchev–Trinajstić information content (AvgIpc) is 3.06. The average molecular weight is 392 g/mol. The Labute approximate surface area is 162 Å². The Balaban J connectivity index is 2.34. The third-order valence-electron chi connectivity index (χ3n) is 4.29. The first-order valence-electron chi connectivity index (χ1n) is 8.75. The van der Waals surface area contributed by atoms with E-state index in [1.165, 1.54) is 14.0 Å². The minimum Gasteiger partial charge on any atom is -0.857 e. The molecule has 28 heavy (non-hydrogen) atoms. The monoisotopic (exact) mass is 392 g/mol. The summed E-state index contributed by atoms with van der Waals surface area (Å²) in [6.45, 7) is 1.72. The lowest BCUT2D eigenvalue weighted by Crippen LogP contribution is -2.45.